The van der Waals surface area contributed by atoms with Gasteiger partial charge in [-0.05, 0) is 31.0 Å². The largest absolute Gasteiger partial charge is 0.484 e. The molecule has 2 aromatic carbocycles. The molecule has 6 nitrogen and oxygen atoms in total. The first-order valence-electron chi connectivity index (χ1n) is 9.21. The number of carbonyl (C=O) groups is 2. The lowest BCUT2D eigenvalue weighted by atomic mass is 10.2. The number of hydrogen-bond donors (Lipinski definition) is 2. The molecule has 3 amide bonds. The SMILES string of the molecule is CCCN(Cc1ccccc1)C(=O)Nc1cccc(OCC(=O)NCC)c1. The first-order valence-corrected chi connectivity index (χ1v) is 9.21. The van der Waals surface area contributed by atoms with Crippen LogP contribution in [0.2, 0.25) is 0 Å². The van der Waals surface area contributed by atoms with Crippen molar-refractivity contribution >= 4 is 17.6 Å². The molecule has 0 bridgehead atoms. The van der Waals surface area contributed by atoms with Gasteiger partial charge in [-0.25, -0.2) is 4.79 Å². The van der Waals surface area contributed by atoms with E-state index >= 15 is 0 Å². The van der Waals surface area contributed by atoms with Gasteiger partial charge in [-0.2, -0.15) is 0 Å². The van der Waals surface area contributed by atoms with Crippen molar-refractivity contribution in [2.24, 2.45) is 0 Å². The van der Waals surface area contributed by atoms with Crippen LogP contribution in [0.5, 0.6) is 5.75 Å². The van der Waals surface area contributed by atoms with E-state index < -0.39 is 0 Å². The lowest BCUT2D eigenvalue weighted by Gasteiger charge is -2.23. The Balaban J connectivity index is 1.98. The van der Waals surface area contributed by atoms with Crippen molar-refractivity contribution in [2.75, 3.05) is 25.0 Å². The van der Waals surface area contributed by atoms with Crippen LogP contribution in [0.3, 0.4) is 0 Å². The molecule has 0 saturated carbocycles. The van der Waals surface area contributed by atoms with Crippen LogP contribution < -0.4 is 15.4 Å². The molecule has 0 unspecified atom stereocenters. The molecular formula is C21H27N3O3. The van der Waals surface area contributed by atoms with Crippen molar-refractivity contribution in [1.82, 2.24) is 10.2 Å². The van der Waals surface area contributed by atoms with E-state index in [-0.39, 0.29) is 18.5 Å². The van der Waals surface area contributed by atoms with Crippen LogP contribution >= 0.6 is 0 Å². The molecule has 0 aliphatic carbocycles. The third kappa shape index (κ3) is 7.01. The Labute approximate surface area is 160 Å². The number of benzene rings is 2. The van der Waals surface area contributed by atoms with Crippen LogP contribution in [0.25, 0.3) is 0 Å². The number of anilines is 1. The fourth-order valence-electron chi connectivity index (χ4n) is 2.59. The monoisotopic (exact) mass is 369 g/mol. The summed E-state index contributed by atoms with van der Waals surface area (Å²) in [6, 6.07) is 16.8. The Morgan fingerprint density at radius 1 is 1.04 bits per heavy atom. The van der Waals surface area contributed by atoms with Crippen molar-refractivity contribution < 1.29 is 14.3 Å². The zero-order valence-corrected chi connectivity index (χ0v) is 15.9. The van der Waals surface area contributed by atoms with Crippen molar-refractivity contribution in [3.05, 3.63) is 60.2 Å². The molecule has 144 valence electrons. The van der Waals surface area contributed by atoms with Crippen molar-refractivity contribution in [1.29, 1.82) is 0 Å². The number of likely N-dealkylation sites (N-methyl/N-ethyl adjacent to an activating group) is 1. The summed E-state index contributed by atoms with van der Waals surface area (Å²) >= 11 is 0. The Kier molecular flexibility index (Phi) is 8.16. The van der Waals surface area contributed by atoms with Gasteiger partial charge in [0, 0.05) is 31.4 Å². The first-order chi connectivity index (χ1) is 13.1. The zero-order valence-electron chi connectivity index (χ0n) is 15.9. The van der Waals surface area contributed by atoms with Crippen LogP contribution in [-0.4, -0.2) is 36.5 Å². The maximum Gasteiger partial charge on any atom is 0.322 e. The van der Waals surface area contributed by atoms with Crippen molar-refractivity contribution in [3.63, 3.8) is 0 Å². The fourth-order valence-corrected chi connectivity index (χ4v) is 2.59. The van der Waals surface area contributed by atoms with Gasteiger partial charge in [0.2, 0.25) is 0 Å². The molecular weight excluding hydrogens is 342 g/mol. The standard InChI is InChI=1S/C21H27N3O3/c1-3-13-24(15-17-9-6-5-7-10-17)21(26)23-18-11-8-12-19(14-18)27-16-20(25)22-4-2/h5-12,14H,3-4,13,15-16H2,1-2H3,(H,22,25)(H,23,26). The number of carbonyl (C=O) groups excluding carboxylic acids is 2. The van der Waals surface area contributed by atoms with Gasteiger partial charge in [0.1, 0.15) is 5.75 Å². The van der Waals surface area contributed by atoms with E-state index in [0.29, 0.717) is 31.1 Å². The maximum atomic E-state index is 12.7. The van der Waals surface area contributed by atoms with Gasteiger partial charge in [0.15, 0.2) is 6.61 Å². The third-order valence-corrected chi connectivity index (χ3v) is 3.83. The lowest BCUT2D eigenvalue weighted by molar-refractivity contribution is -0.122. The molecule has 0 saturated heterocycles. The third-order valence-electron chi connectivity index (χ3n) is 3.83. The molecule has 0 radical (unpaired) electrons. The Morgan fingerprint density at radius 3 is 2.52 bits per heavy atom. The second kappa shape index (κ2) is 10.9. The fraction of sp³-hybridized carbons (Fsp3) is 0.333. The summed E-state index contributed by atoms with van der Waals surface area (Å²) < 4.78 is 5.47. The average Bonchev–Trinajstić information content (AvgIpc) is 2.67. The molecule has 0 aliphatic heterocycles. The summed E-state index contributed by atoms with van der Waals surface area (Å²) in [4.78, 5) is 26.0. The van der Waals surface area contributed by atoms with Crippen LogP contribution in [0.4, 0.5) is 10.5 Å². The van der Waals surface area contributed by atoms with Crippen LogP contribution in [0.15, 0.2) is 54.6 Å². The molecule has 0 fully saturated rings. The van der Waals surface area contributed by atoms with E-state index in [4.69, 9.17) is 4.74 Å². The van der Waals surface area contributed by atoms with Gasteiger partial charge < -0.3 is 20.3 Å². The molecule has 0 aliphatic rings. The van der Waals surface area contributed by atoms with Gasteiger partial charge in [-0.1, -0.05) is 43.3 Å². The van der Waals surface area contributed by atoms with E-state index in [1.165, 1.54) is 0 Å². The van der Waals surface area contributed by atoms with Gasteiger partial charge in [-0.3, -0.25) is 4.79 Å². The summed E-state index contributed by atoms with van der Waals surface area (Å²) in [6.45, 7) is 5.61. The number of hydrogen-bond acceptors (Lipinski definition) is 3. The molecule has 2 aromatic rings. The Bertz CT molecular complexity index is 734. The molecule has 0 spiro atoms. The number of amides is 3. The second-order valence-corrected chi connectivity index (χ2v) is 6.11. The highest BCUT2D eigenvalue weighted by molar-refractivity contribution is 5.89. The smallest absolute Gasteiger partial charge is 0.322 e. The van der Waals surface area contributed by atoms with Crippen molar-refractivity contribution in [3.8, 4) is 5.75 Å². The molecule has 0 aromatic heterocycles. The topological polar surface area (TPSA) is 70.7 Å². The van der Waals surface area contributed by atoms with Gasteiger partial charge in [0.05, 0.1) is 0 Å². The predicted octanol–water partition coefficient (Wildman–Crippen LogP) is 3.65. The summed E-state index contributed by atoms with van der Waals surface area (Å²) in [5.41, 5.74) is 1.71. The molecule has 6 heteroatoms. The number of ether oxygens (including phenoxy) is 1. The number of urea groups is 1. The number of nitrogens with one attached hydrogen (secondary N) is 2. The van der Waals surface area contributed by atoms with Crippen LogP contribution in [0, 0.1) is 0 Å². The molecule has 0 atom stereocenters. The Morgan fingerprint density at radius 2 is 1.81 bits per heavy atom. The zero-order chi connectivity index (χ0) is 19.5. The van der Waals surface area contributed by atoms with E-state index in [1.54, 1.807) is 29.2 Å². The summed E-state index contributed by atoms with van der Waals surface area (Å²) in [5, 5.41) is 5.58. The minimum Gasteiger partial charge on any atom is -0.484 e. The summed E-state index contributed by atoms with van der Waals surface area (Å²) in [5.74, 6) is 0.355. The van der Waals surface area contributed by atoms with Crippen LogP contribution in [-0.2, 0) is 11.3 Å². The number of rotatable bonds is 9. The molecule has 2 rings (SSSR count). The minimum atomic E-state index is -0.177. The van der Waals surface area contributed by atoms with Gasteiger partial charge in [0.25, 0.3) is 5.91 Å². The highest BCUT2D eigenvalue weighted by Crippen LogP contribution is 2.18. The molecule has 2 N–H and O–H groups in total. The lowest BCUT2D eigenvalue weighted by Crippen LogP contribution is -2.35. The average molecular weight is 369 g/mol. The van der Waals surface area contributed by atoms with E-state index in [1.807, 2.05) is 44.2 Å². The van der Waals surface area contributed by atoms with Gasteiger partial charge >= 0.3 is 6.03 Å². The predicted molar refractivity (Wildman–Crippen MR) is 107 cm³/mol. The van der Waals surface area contributed by atoms with Crippen molar-refractivity contribution in [2.45, 2.75) is 26.8 Å². The second-order valence-electron chi connectivity index (χ2n) is 6.11. The van der Waals surface area contributed by atoms with E-state index in [9.17, 15) is 9.59 Å². The first kappa shape index (κ1) is 20.3. The highest BCUT2D eigenvalue weighted by Gasteiger charge is 2.13. The van der Waals surface area contributed by atoms with E-state index in [0.717, 1.165) is 12.0 Å². The van der Waals surface area contributed by atoms with E-state index in [2.05, 4.69) is 10.6 Å². The minimum absolute atomic E-state index is 0.0544. The summed E-state index contributed by atoms with van der Waals surface area (Å²) in [6.07, 6.45) is 0.871. The molecule has 0 heterocycles. The molecule has 27 heavy (non-hydrogen) atoms. The quantitative estimate of drug-likeness (QED) is 0.709. The Hall–Kier alpha value is -3.02. The highest BCUT2D eigenvalue weighted by atomic mass is 16.5. The van der Waals surface area contributed by atoms with Gasteiger partial charge in [-0.15, -0.1) is 0 Å². The summed E-state index contributed by atoms with van der Waals surface area (Å²) in [7, 11) is 0. The van der Waals surface area contributed by atoms with Crippen LogP contribution in [0.1, 0.15) is 25.8 Å². The normalized spacial score (nSPS) is 10.1. The maximum absolute atomic E-state index is 12.7. The number of nitrogens with zero attached hydrogens (tertiary/aromatic N) is 1.